The zero-order valence-electron chi connectivity index (χ0n) is 9.60. The van der Waals surface area contributed by atoms with Gasteiger partial charge in [-0.15, -0.1) is 0 Å². The van der Waals surface area contributed by atoms with Gasteiger partial charge in [0.2, 0.25) is 5.78 Å². The standard InChI is InChI=1S/C13H11N2O2/c1-13(2)12(16)10(8-14)11(15(13)17)9-6-4-3-5-7-9/h3-7H,1-2H3. The summed E-state index contributed by atoms with van der Waals surface area (Å²) in [4.78, 5) is 11.9. The number of hydrogen-bond acceptors (Lipinski definition) is 3. The highest BCUT2D eigenvalue weighted by molar-refractivity contribution is 6.14. The van der Waals surface area contributed by atoms with E-state index < -0.39 is 11.3 Å². The van der Waals surface area contributed by atoms with Crippen LogP contribution in [-0.2, 0) is 10.0 Å². The van der Waals surface area contributed by atoms with Gasteiger partial charge in [0.25, 0.3) is 0 Å². The van der Waals surface area contributed by atoms with Gasteiger partial charge in [0.1, 0.15) is 17.2 Å². The van der Waals surface area contributed by atoms with Gasteiger partial charge >= 0.3 is 0 Å². The molecule has 17 heavy (non-hydrogen) atoms. The molecule has 1 aromatic rings. The zero-order chi connectivity index (χ0) is 12.6. The van der Waals surface area contributed by atoms with Crippen LogP contribution < -0.4 is 0 Å². The van der Waals surface area contributed by atoms with Crippen LogP contribution >= 0.6 is 0 Å². The Labute approximate surface area is 99.4 Å². The molecule has 0 atom stereocenters. The molecule has 85 valence electrons. The summed E-state index contributed by atoms with van der Waals surface area (Å²) < 4.78 is 0. The largest absolute Gasteiger partial charge is 0.291 e. The van der Waals surface area contributed by atoms with Crippen molar-refractivity contribution in [2.75, 3.05) is 0 Å². The number of nitrogens with zero attached hydrogens (tertiary/aromatic N) is 2. The topological polar surface area (TPSA) is 64.0 Å². The molecule has 4 heteroatoms. The average molecular weight is 227 g/mol. The molecule has 1 aliphatic heterocycles. The Balaban J connectivity index is 2.63. The second kappa shape index (κ2) is 3.72. The number of nitriles is 1. The summed E-state index contributed by atoms with van der Waals surface area (Å²) in [7, 11) is 0. The molecule has 1 aliphatic rings. The van der Waals surface area contributed by atoms with Gasteiger partial charge in [0, 0.05) is 5.56 Å². The Kier molecular flexibility index (Phi) is 2.49. The number of hydroxylamine groups is 2. The quantitative estimate of drug-likeness (QED) is 0.736. The summed E-state index contributed by atoms with van der Waals surface area (Å²) in [5, 5.41) is 21.7. The maximum Gasteiger partial charge on any atom is 0.203 e. The number of carbonyl (C=O) groups excluding carboxylic acids is 1. The first-order valence-electron chi connectivity index (χ1n) is 5.22. The summed E-state index contributed by atoms with van der Waals surface area (Å²) in [5.41, 5.74) is -0.492. The van der Waals surface area contributed by atoms with E-state index in [0.717, 1.165) is 0 Å². The molecule has 1 aromatic carbocycles. The first-order valence-corrected chi connectivity index (χ1v) is 5.22. The molecular formula is C13H11N2O2. The predicted octanol–water partition coefficient (Wildman–Crippen LogP) is 1.93. The molecule has 0 aliphatic carbocycles. The van der Waals surface area contributed by atoms with Gasteiger partial charge < -0.3 is 0 Å². The molecule has 1 heterocycles. The molecule has 0 aromatic heterocycles. The molecule has 0 amide bonds. The second-order valence-corrected chi connectivity index (χ2v) is 4.38. The van der Waals surface area contributed by atoms with Gasteiger partial charge in [-0.25, -0.2) is 5.06 Å². The molecule has 0 saturated carbocycles. The van der Waals surface area contributed by atoms with Crippen LogP contribution in [0.4, 0.5) is 0 Å². The summed E-state index contributed by atoms with van der Waals surface area (Å²) in [6.45, 7) is 3.05. The normalized spacial score (nSPS) is 18.5. The van der Waals surface area contributed by atoms with Crippen LogP contribution in [0.2, 0.25) is 0 Å². The van der Waals surface area contributed by atoms with E-state index in [0.29, 0.717) is 10.6 Å². The first kappa shape index (κ1) is 11.4. The van der Waals surface area contributed by atoms with Crippen LogP contribution in [0.3, 0.4) is 0 Å². The van der Waals surface area contributed by atoms with Gasteiger partial charge in [0.15, 0.2) is 0 Å². The van der Waals surface area contributed by atoms with Crippen molar-refractivity contribution in [3.8, 4) is 6.07 Å². The van der Waals surface area contributed by atoms with Crippen molar-refractivity contribution in [2.24, 2.45) is 0 Å². The van der Waals surface area contributed by atoms with Gasteiger partial charge in [-0.2, -0.15) is 5.26 Å². The fourth-order valence-corrected chi connectivity index (χ4v) is 1.85. The van der Waals surface area contributed by atoms with Crippen LogP contribution in [-0.4, -0.2) is 16.4 Å². The number of carbonyl (C=O) groups is 1. The monoisotopic (exact) mass is 227 g/mol. The minimum atomic E-state index is -1.20. The maximum absolute atomic E-state index is 12.1. The number of hydrogen-bond donors (Lipinski definition) is 0. The molecule has 0 N–H and O–H groups in total. The molecule has 0 unspecified atom stereocenters. The van der Waals surface area contributed by atoms with E-state index in [9.17, 15) is 10.0 Å². The number of rotatable bonds is 1. The van der Waals surface area contributed by atoms with Crippen LogP contribution in [0, 0.1) is 11.3 Å². The van der Waals surface area contributed by atoms with Crippen LogP contribution in [0.5, 0.6) is 0 Å². The second-order valence-electron chi connectivity index (χ2n) is 4.38. The minimum Gasteiger partial charge on any atom is -0.291 e. The van der Waals surface area contributed by atoms with Crippen LogP contribution in [0.25, 0.3) is 5.70 Å². The highest BCUT2D eigenvalue weighted by Crippen LogP contribution is 2.37. The molecule has 0 spiro atoms. The zero-order valence-corrected chi connectivity index (χ0v) is 9.60. The van der Waals surface area contributed by atoms with E-state index in [2.05, 4.69) is 0 Å². The van der Waals surface area contributed by atoms with Crippen molar-refractivity contribution in [1.82, 2.24) is 5.06 Å². The minimum absolute atomic E-state index is 0.0591. The Hall–Kier alpha value is -2.12. The highest BCUT2D eigenvalue weighted by atomic mass is 16.5. The van der Waals surface area contributed by atoms with Crippen molar-refractivity contribution in [2.45, 2.75) is 19.4 Å². The van der Waals surface area contributed by atoms with E-state index in [1.165, 1.54) is 13.8 Å². The van der Waals surface area contributed by atoms with Crippen molar-refractivity contribution in [3.63, 3.8) is 0 Å². The van der Waals surface area contributed by atoms with Crippen molar-refractivity contribution >= 4 is 11.5 Å². The van der Waals surface area contributed by atoms with Gasteiger partial charge in [-0.1, -0.05) is 35.5 Å². The lowest BCUT2D eigenvalue weighted by Crippen LogP contribution is -2.40. The Morgan fingerprint density at radius 2 is 1.82 bits per heavy atom. The Morgan fingerprint density at radius 1 is 1.24 bits per heavy atom. The molecule has 0 saturated heterocycles. The number of benzene rings is 1. The lowest BCUT2D eigenvalue weighted by atomic mass is 9.98. The molecule has 1 radical (unpaired) electrons. The molecular weight excluding hydrogens is 216 g/mol. The SMILES string of the molecule is CC1(C)C(=O)C(C#N)=C(c2ccccc2)N1[O]. The lowest BCUT2D eigenvalue weighted by molar-refractivity contribution is -0.166. The molecule has 2 rings (SSSR count). The third kappa shape index (κ3) is 1.52. The van der Waals surface area contributed by atoms with Gasteiger partial charge in [0.05, 0.1) is 5.70 Å². The smallest absolute Gasteiger partial charge is 0.203 e. The summed E-state index contributed by atoms with van der Waals surface area (Å²) in [6.07, 6.45) is 0. The summed E-state index contributed by atoms with van der Waals surface area (Å²) in [5.74, 6) is -0.422. The number of ketones is 1. The average Bonchev–Trinajstić information content (AvgIpc) is 2.51. The lowest BCUT2D eigenvalue weighted by Gasteiger charge is -2.25. The number of Topliss-reactive ketones (excluding diaryl/α,β-unsaturated/α-hetero) is 1. The fraction of sp³-hybridized carbons (Fsp3) is 0.231. The third-order valence-electron chi connectivity index (χ3n) is 2.89. The van der Waals surface area contributed by atoms with Crippen LogP contribution in [0.15, 0.2) is 35.9 Å². The van der Waals surface area contributed by atoms with Gasteiger partial charge in [-0.3, -0.25) is 4.79 Å². The van der Waals surface area contributed by atoms with Crippen molar-refractivity contribution < 1.29 is 10.0 Å². The Morgan fingerprint density at radius 3 is 2.35 bits per heavy atom. The van der Waals surface area contributed by atoms with E-state index >= 15 is 0 Å². The fourth-order valence-electron chi connectivity index (χ4n) is 1.85. The van der Waals surface area contributed by atoms with Crippen molar-refractivity contribution in [1.29, 1.82) is 5.26 Å². The molecule has 4 nitrogen and oxygen atoms in total. The molecule has 0 bridgehead atoms. The summed E-state index contributed by atoms with van der Waals surface area (Å²) >= 11 is 0. The van der Waals surface area contributed by atoms with E-state index in [-0.39, 0.29) is 11.3 Å². The summed E-state index contributed by atoms with van der Waals surface area (Å²) in [6, 6.07) is 10.6. The predicted molar refractivity (Wildman–Crippen MR) is 60.6 cm³/mol. The van der Waals surface area contributed by atoms with Gasteiger partial charge in [-0.05, 0) is 13.8 Å². The molecule has 0 fully saturated rings. The maximum atomic E-state index is 12.1. The Bertz CT molecular complexity index is 538. The van der Waals surface area contributed by atoms with Crippen molar-refractivity contribution in [3.05, 3.63) is 41.5 Å². The van der Waals surface area contributed by atoms with Crippen LogP contribution in [0.1, 0.15) is 19.4 Å². The highest BCUT2D eigenvalue weighted by Gasteiger charge is 2.47. The van der Waals surface area contributed by atoms with E-state index in [4.69, 9.17) is 5.26 Å². The first-order chi connectivity index (χ1) is 8.00. The van der Waals surface area contributed by atoms with E-state index in [1.54, 1.807) is 24.3 Å². The van der Waals surface area contributed by atoms with E-state index in [1.807, 2.05) is 12.1 Å². The third-order valence-corrected chi connectivity index (χ3v) is 2.89.